The Bertz CT molecular complexity index is 214. The van der Waals surface area contributed by atoms with Gasteiger partial charge in [-0.2, -0.15) is 0 Å². The molecule has 0 saturated carbocycles. The van der Waals surface area contributed by atoms with Crippen molar-refractivity contribution >= 4 is 5.69 Å². The summed E-state index contributed by atoms with van der Waals surface area (Å²) in [4.78, 5) is 0. The van der Waals surface area contributed by atoms with Crippen molar-refractivity contribution in [1.82, 2.24) is 0 Å². The third-order valence-corrected chi connectivity index (χ3v) is 1.73. The second-order valence-corrected chi connectivity index (χ2v) is 2.66. The number of benzene rings is 1. The van der Waals surface area contributed by atoms with Crippen LogP contribution in [0.2, 0.25) is 0 Å². The van der Waals surface area contributed by atoms with Crippen LogP contribution < -0.4 is 11.1 Å². The van der Waals surface area contributed by atoms with E-state index >= 15 is 0 Å². The van der Waals surface area contributed by atoms with Gasteiger partial charge in [-0.25, -0.2) is 0 Å². The van der Waals surface area contributed by atoms with E-state index in [1.807, 2.05) is 38.2 Å². The van der Waals surface area contributed by atoms with Crippen molar-refractivity contribution in [1.29, 1.82) is 0 Å². The van der Waals surface area contributed by atoms with Gasteiger partial charge in [0.2, 0.25) is 0 Å². The molecular formula is C9H14N2. The largest absolute Gasteiger partial charge is 0.388 e. The minimum Gasteiger partial charge on any atom is -0.388 e. The Kier molecular flexibility index (Phi) is 2.49. The fourth-order valence-electron chi connectivity index (χ4n) is 0.953. The van der Waals surface area contributed by atoms with Gasteiger partial charge in [0.05, 0.1) is 0 Å². The Labute approximate surface area is 67.4 Å². The summed E-state index contributed by atoms with van der Waals surface area (Å²) in [6, 6.07) is 8.26. The number of nitrogens with one attached hydrogen (secondary N) is 1. The molecule has 0 radical (unpaired) electrons. The van der Waals surface area contributed by atoms with Gasteiger partial charge in [0.1, 0.15) is 0 Å². The number of hydrogen-bond donors (Lipinski definition) is 2. The van der Waals surface area contributed by atoms with E-state index in [1.54, 1.807) is 0 Å². The van der Waals surface area contributed by atoms with Gasteiger partial charge < -0.3 is 11.1 Å². The Morgan fingerprint density at radius 2 is 1.82 bits per heavy atom. The van der Waals surface area contributed by atoms with Crippen molar-refractivity contribution in [3.63, 3.8) is 0 Å². The maximum absolute atomic E-state index is 5.68. The second-order valence-electron chi connectivity index (χ2n) is 2.66. The zero-order valence-electron chi connectivity index (χ0n) is 6.96. The molecule has 1 aromatic rings. The van der Waals surface area contributed by atoms with Crippen molar-refractivity contribution in [2.45, 2.75) is 13.0 Å². The van der Waals surface area contributed by atoms with E-state index in [4.69, 9.17) is 5.73 Å². The van der Waals surface area contributed by atoms with Crippen LogP contribution in [0.3, 0.4) is 0 Å². The third kappa shape index (κ3) is 1.95. The van der Waals surface area contributed by atoms with Gasteiger partial charge in [-0.3, -0.25) is 0 Å². The fraction of sp³-hybridized carbons (Fsp3) is 0.333. The van der Waals surface area contributed by atoms with E-state index in [0.717, 1.165) is 5.69 Å². The van der Waals surface area contributed by atoms with Crippen LogP contribution in [0.5, 0.6) is 0 Å². The normalized spacial score (nSPS) is 12.6. The van der Waals surface area contributed by atoms with Crippen molar-refractivity contribution in [3.05, 3.63) is 29.8 Å². The molecular weight excluding hydrogens is 136 g/mol. The molecule has 0 bridgehead atoms. The van der Waals surface area contributed by atoms with E-state index in [9.17, 15) is 0 Å². The number of rotatable bonds is 2. The number of anilines is 1. The minimum atomic E-state index is 0.126. The van der Waals surface area contributed by atoms with Crippen molar-refractivity contribution < 1.29 is 0 Å². The molecule has 1 rings (SSSR count). The summed E-state index contributed by atoms with van der Waals surface area (Å²) in [5.41, 5.74) is 7.98. The Hall–Kier alpha value is -1.02. The van der Waals surface area contributed by atoms with Crippen LogP contribution in [0.15, 0.2) is 24.3 Å². The molecule has 0 aliphatic rings. The first-order valence-electron chi connectivity index (χ1n) is 3.77. The lowest BCUT2D eigenvalue weighted by Crippen LogP contribution is -2.04. The van der Waals surface area contributed by atoms with Crippen LogP contribution in [0.25, 0.3) is 0 Å². The number of nitrogens with two attached hydrogens (primary N) is 1. The second kappa shape index (κ2) is 3.39. The smallest absolute Gasteiger partial charge is 0.0337 e. The lowest BCUT2D eigenvalue weighted by molar-refractivity contribution is 0.818. The quantitative estimate of drug-likeness (QED) is 0.674. The molecule has 1 atom stereocenters. The summed E-state index contributed by atoms with van der Waals surface area (Å²) in [5.74, 6) is 0. The van der Waals surface area contributed by atoms with E-state index in [1.165, 1.54) is 5.56 Å². The monoisotopic (exact) mass is 150 g/mol. The van der Waals surface area contributed by atoms with E-state index in [-0.39, 0.29) is 6.04 Å². The third-order valence-electron chi connectivity index (χ3n) is 1.73. The van der Waals surface area contributed by atoms with Gasteiger partial charge in [-0.05, 0) is 24.6 Å². The molecule has 0 spiro atoms. The molecule has 2 nitrogen and oxygen atoms in total. The standard InChI is InChI=1S/C9H14N2/c1-7(10)8-3-5-9(11-2)6-4-8/h3-7,11H,10H2,1-2H3/t7-/m1/s1. The lowest BCUT2D eigenvalue weighted by atomic mass is 10.1. The molecule has 0 aliphatic heterocycles. The molecule has 3 N–H and O–H groups in total. The van der Waals surface area contributed by atoms with Gasteiger partial charge in [0.15, 0.2) is 0 Å². The van der Waals surface area contributed by atoms with Gasteiger partial charge in [-0.1, -0.05) is 12.1 Å². The first-order chi connectivity index (χ1) is 5.24. The summed E-state index contributed by atoms with van der Waals surface area (Å²) in [6.45, 7) is 1.98. The molecule has 0 amide bonds. The fourth-order valence-corrected chi connectivity index (χ4v) is 0.953. The van der Waals surface area contributed by atoms with Crippen LogP contribution in [0.1, 0.15) is 18.5 Å². The van der Waals surface area contributed by atoms with Crippen molar-refractivity contribution in [3.8, 4) is 0 Å². The highest BCUT2D eigenvalue weighted by Crippen LogP contribution is 2.12. The van der Waals surface area contributed by atoms with Crippen LogP contribution in [0.4, 0.5) is 5.69 Å². The van der Waals surface area contributed by atoms with Crippen LogP contribution in [-0.4, -0.2) is 7.05 Å². The maximum Gasteiger partial charge on any atom is 0.0337 e. The van der Waals surface area contributed by atoms with Gasteiger partial charge >= 0.3 is 0 Å². The summed E-state index contributed by atoms with van der Waals surface area (Å²) >= 11 is 0. The first-order valence-corrected chi connectivity index (χ1v) is 3.77. The van der Waals surface area contributed by atoms with Crippen LogP contribution >= 0.6 is 0 Å². The lowest BCUT2D eigenvalue weighted by Gasteiger charge is -2.05. The molecule has 2 heteroatoms. The summed E-state index contributed by atoms with van der Waals surface area (Å²) in [5, 5.41) is 3.05. The predicted octanol–water partition coefficient (Wildman–Crippen LogP) is 1.75. The molecule has 0 aromatic heterocycles. The molecule has 0 saturated heterocycles. The van der Waals surface area contributed by atoms with Gasteiger partial charge in [0, 0.05) is 18.8 Å². The van der Waals surface area contributed by atoms with E-state index in [2.05, 4.69) is 5.32 Å². The topological polar surface area (TPSA) is 38.0 Å². The van der Waals surface area contributed by atoms with Crippen molar-refractivity contribution in [2.24, 2.45) is 5.73 Å². The molecule has 1 aromatic carbocycles. The van der Waals surface area contributed by atoms with Crippen LogP contribution in [-0.2, 0) is 0 Å². The summed E-state index contributed by atoms with van der Waals surface area (Å²) < 4.78 is 0. The summed E-state index contributed by atoms with van der Waals surface area (Å²) in [7, 11) is 1.90. The molecule has 11 heavy (non-hydrogen) atoms. The highest BCUT2D eigenvalue weighted by atomic mass is 14.8. The molecule has 0 aliphatic carbocycles. The molecule has 60 valence electrons. The predicted molar refractivity (Wildman–Crippen MR) is 48.6 cm³/mol. The maximum atomic E-state index is 5.68. The minimum absolute atomic E-state index is 0.126. The van der Waals surface area contributed by atoms with E-state index < -0.39 is 0 Å². The van der Waals surface area contributed by atoms with Gasteiger partial charge in [0.25, 0.3) is 0 Å². The molecule has 0 fully saturated rings. The van der Waals surface area contributed by atoms with Gasteiger partial charge in [-0.15, -0.1) is 0 Å². The first kappa shape index (κ1) is 8.08. The Morgan fingerprint density at radius 3 is 2.18 bits per heavy atom. The average Bonchev–Trinajstić information content (AvgIpc) is 2.05. The Balaban J connectivity index is 2.83. The van der Waals surface area contributed by atoms with Crippen molar-refractivity contribution in [2.75, 3.05) is 12.4 Å². The Morgan fingerprint density at radius 1 is 1.27 bits per heavy atom. The number of hydrogen-bond acceptors (Lipinski definition) is 2. The van der Waals surface area contributed by atoms with E-state index in [0.29, 0.717) is 0 Å². The highest BCUT2D eigenvalue weighted by Gasteiger charge is 1.96. The summed E-state index contributed by atoms with van der Waals surface area (Å²) in [6.07, 6.45) is 0. The highest BCUT2D eigenvalue weighted by molar-refractivity contribution is 5.44. The molecule has 0 unspecified atom stereocenters. The SMILES string of the molecule is CNc1ccc([C@@H](C)N)cc1. The molecule has 0 heterocycles. The zero-order chi connectivity index (χ0) is 8.27. The van der Waals surface area contributed by atoms with Crippen LogP contribution in [0, 0.1) is 0 Å². The average molecular weight is 150 g/mol. The zero-order valence-corrected chi connectivity index (χ0v) is 6.96.